The van der Waals surface area contributed by atoms with Crippen molar-refractivity contribution >= 4 is 5.69 Å². The number of nitro benzene ring substituents is 1. The van der Waals surface area contributed by atoms with Gasteiger partial charge in [-0.2, -0.15) is 0 Å². The van der Waals surface area contributed by atoms with Crippen LogP contribution in [0.4, 0.5) is 5.69 Å². The lowest BCUT2D eigenvalue weighted by Gasteiger charge is -2.24. The van der Waals surface area contributed by atoms with Gasteiger partial charge >= 0.3 is 0 Å². The molecule has 0 radical (unpaired) electrons. The number of nitrogens with one attached hydrogen (secondary N) is 1. The van der Waals surface area contributed by atoms with E-state index in [1.165, 1.54) is 22.6 Å². The molecule has 0 atom stereocenters. The highest BCUT2D eigenvalue weighted by molar-refractivity contribution is 5.35. The van der Waals surface area contributed by atoms with Crippen LogP contribution in [0.25, 0.3) is 0 Å². The van der Waals surface area contributed by atoms with Crippen LogP contribution in [0.3, 0.4) is 0 Å². The van der Waals surface area contributed by atoms with Gasteiger partial charge < -0.3 is 14.4 Å². The van der Waals surface area contributed by atoms with Crippen molar-refractivity contribution in [2.24, 2.45) is 0 Å². The zero-order chi connectivity index (χ0) is 16.8. The number of benzene rings is 2. The number of nitro groups is 1. The van der Waals surface area contributed by atoms with E-state index in [1.54, 1.807) is 12.1 Å². The number of hydrogen-bond donors (Lipinski definition) is 1. The summed E-state index contributed by atoms with van der Waals surface area (Å²) >= 11 is 0. The largest absolute Gasteiger partial charge is 0.488 e. The summed E-state index contributed by atoms with van der Waals surface area (Å²) in [7, 11) is 0. The molecule has 0 spiro atoms. The van der Waals surface area contributed by atoms with Gasteiger partial charge in [0.1, 0.15) is 32.0 Å². The molecule has 1 N–H and O–H groups in total. The molecular formula is C18H21N2O4+. The lowest BCUT2D eigenvalue weighted by atomic mass is 10.1. The number of ether oxygens (including phenoxy) is 2. The fourth-order valence-corrected chi connectivity index (χ4v) is 2.77. The van der Waals surface area contributed by atoms with Gasteiger partial charge in [0.05, 0.1) is 18.1 Å². The maximum absolute atomic E-state index is 10.7. The Morgan fingerprint density at radius 1 is 1.08 bits per heavy atom. The maximum Gasteiger partial charge on any atom is 0.269 e. The van der Waals surface area contributed by atoms with Crippen LogP contribution < -0.4 is 9.64 Å². The van der Waals surface area contributed by atoms with Gasteiger partial charge in [-0.1, -0.05) is 12.1 Å². The summed E-state index contributed by atoms with van der Waals surface area (Å²) in [6, 6.07) is 14.5. The van der Waals surface area contributed by atoms with Gasteiger partial charge in [0.2, 0.25) is 0 Å². The van der Waals surface area contributed by atoms with Crippen molar-refractivity contribution in [3.8, 4) is 5.75 Å². The quantitative estimate of drug-likeness (QED) is 0.646. The number of non-ortho nitro benzene ring substituents is 1. The topological polar surface area (TPSA) is 66.0 Å². The minimum absolute atomic E-state index is 0.0927. The third kappa shape index (κ3) is 4.31. The third-order valence-electron chi connectivity index (χ3n) is 4.15. The van der Waals surface area contributed by atoms with Gasteiger partial charge in [-0.3, -0.25) is 10.1 Å². The van der Waals surface area contributed by atoms with Crippen LogP contribution in [-0.2, 0) is 17.9 Å². The zero-order valence-electron chi connectivity index (χ0n) is 13.4. The molecule has 0 amide bonds. The van der Waals surface area contributed by atoms with E-state index in [1.807, 2.05) is 18.2 Å². The van der Waals surface area contributed by atoms with Gasteiger partial charge in [-0.05, 0) is 29.8 Å². The molecule has 24 heavy (non-hydrogen) atoms. The summed E-state index contributed by atoms with van der Waals surface area (Å²) in [6.45, 7) is 4.95. The Kier molecular flexibility index (Phi) is 5.40. The smallest absolute Gasteiger partial charge is 0.269 e. The molecule has 1 aliphatic heterocycles. The zero-order valence-corrected chi connectivity index (χ0v) is 13.4. The lowest BCUT2D eigenvalue weighted by molar-refractivity contribution is -0.921. The van der Waals surface area contributed by atoms with Crippen molar-refractivity contribution in [1.82, 2.24) is 0 Å². The van der Waals surface area contributed by atoms with Gasteiger partial charge in [0.25, 0.3) is 5.69 Å². The maximum atomic E-state index is 10.7. The molecule has 0 aromatic heterocycles. The number of rotatable bonds is 6. The molecule has 0 bridgehead atoms. The van der Waals surface area contributed by atoms with Gasteiger partial charge in [0.15, 0.2) is 0 Å². The van der Waals surface area contributed by atoms with Gasteiger partial charge in [-0.25, -0.2) is 0 Å². The number of hydrogen-bond acceptors (Lipinski definition) is 4. The van der Waals surface area contributed by atoms with Crippen LogP contribution in [0.5, 0.6) is 5.75 Å². The van der Waals surface area contributed by atoms with Crippen LogP contribution in [0.1, 0.15) is 11.1 Å². The van der Waals surface area contributed by atoms with Crippen molar-refractivity contribution in [2.75, 3.05) is 26.3 Å². The Labute approximate surface area is 140 Å². The molecule has 0 saturated carbocycles. The van der Waals surface area contributed by atoms with Gasteiger partial charge in [-0.15, -0.1) is 0 Å². The van der Waals surface area contributed by atoms with Crippen LogP contribution in [0.15, 0.2) is 48.5 Å². The highest BCUT2D eigenvalue weighted by Crippen LogP contribution is 2.19. The Morgan fingerprint density at radius 2 is 1.79 bits per heavy atom. The van der Waals surface area contributed by atoms with Gasteiger partial charge in [0, 0.05) is 17.7 Å². The third-order valence-corrected chi connectivity index (χ3v) is 4.15. The summed E-state index contributed by atoms with van der Waals surface area (Å²) in [5.41, 5.74) is 2.18. The van der Waals surface area contributed by atoms with Crippen molar-refractivity contribution in [3.05, 3.63) is 69.8 Å². The molecule has 6 nitrogen and oxygen atoms in total. The Hall–Kier alpha value is -2.44. The molecule has 3 rings (SSSR count). The molecule has 0 aliphatic carbocycles. The van der Waals surface area contributed by atoms with E-state index < -0.39 is 4.92 Å². The second-order valence-corrected chi connectivity index (χ2v) is 5.86. The van der Waals surface area contributed by atoms with Crippen molar-refractivity contribution in [1.29, 1.82) is 0 Å². The normalized spacial score (nSPS) is 15.2. The Bertz CT molecular complexity index is 682. The Morgan fingerprint density at radius 3 is 2.50 bits per heavy atom. The van der Waals surface area contributed by atoms with E-state index >= 15 is 0 Å². The summed E-state index contributed by atoms with van der Waals surface area (Å²) in [5.74, 6) is 0.870. The van der Waals surface area contributed by atoms with E-state index in [2.05, 4.69) is 6.07 Å². The monoisotopic (exact) mass is 329 g/mol. The molecule has 1 heterocycles. The summed E-state index contributed by atoms with van der Waals surface area (Å²) in [4.78, 5) is 11.8. The average Bonchev–Trinajstić information content (AvgIpc) is 2.62. The van der Waals surface area contributed by atoms with Crippen LogP contribution >= 0.6 is 0 Å². The molecule has 6 heteroatoms. The highest BCUT2D eigenvalue weighted by Gasteiger charge is 2.16. The lowest BCUT2D eigenvalue weighted by Crippen LogP contribution is -3.12. The number of nitrogens with zero attached hydrogens (tertiary/aromatic N) is 1. The first kappa shape index (κ1) is 16.4. The SMILES string of the molecule is O=[N+]([O-])c1ccc(COc2ccccc2C[NH+]2CCOCC2)cc1. The fourth-order valence-electron chi connectivity index (χ4n) is 2.77. The predicted octanol–water partition coefficient (Wildman–Crippen LogP) is 1.59. The average molecular weight is 329 g/mol. The first-order valence-electron chi connectivity index (χ1n) is 8.08. The molecule has 126 valence electrons. The fraction of sp³-hybridized carbons (Fsp3) is 0.333. The molecule has 2 aromatic rings. The van der Waals surface area contributed by atoms with E-state index in [9.17, 15) is 10.1 Å². The minimum atomic E-state index is -0.398. The van der Waals surface area contributed by atoms with Crippen molar-refractivity contribution in [2.45, 2.75) is 13.2 Å². The second-order valence-electron chi connectivity index (χ2n) is 5.86. The predicted molar refractivity (Wildman–Crippen MR) is 89.1 cm³/mol. The molecule has 1 saturated heterocycles. The van der Waals surface area contributed by atoms with Crippen molar-refractivity contribution in [3.63, 3.8) is 0 Å². The van der Waals surface area contributed by atoms with Crippen LogP contribution in [0, 0.1) is 10.1 Å². The first-order valence-corrected chi connectivity index (χ1v) is 8.08. The highest BCUT2D eigenvalue weighted by atomic mass is 16.6. The van der Waals surface area contributed by atoms with E-state index in [0.29, 0.717) is 6.61 Å². The Balaban J connectivity index is 1.63. The van der Waals surface area contributed by atoms with Crippen molar-refractivity contribution < 1.29 is 19.3 Å². The molecule has 1 fully saturated rings. The molecular weight excluding hydrogens is 308 g/mol. The van der Waals surface area contributed by atoms with E-state index in [0.717, 1.165) is 44.2 Å². The number of quaternary nitrogens is 1. The molecule has 2 aromatic carbocycles. The second kappa shape index (κ2) is 7.90. The van der Waals surface area contributed by atoms with Crippen LogP contribution in [0.2, 0.25) is 0 Å². The minimum Gasteiger partial charge on any atom is -0.488 e. The van der Waals surface area contributed by atoms with Crippen LogP contribution in [-0.4, -0.2) is 31.2 Å². The summed E-state index contributed by atoms with van der Waals surface area (Å²) < 4.78 is 11.4. The summed E-state index contributed by atoms with van der Waals surface area (Å²) in [6.07, 6.45) is 0. The van der Waals surface area contributed by atoms with E-state index in [-0.39, 0.29) is 5.69 Å². The first-order chi connectivity index (χ1) is 11.7. The standard InChI is InChI=1S/C18H20N2O4/c21-20(22)17-7-5-15(6-8-17)14-24-18-4-2-1-3-16(18)13-19-9-11-23-12-10-19/h1-8H,9-14H2/p+1. The number of para-hydroxylation sites is 1. The van der Waals surface area contributed by atoms with E-state index in [4.69, 9.17) is 9.47 Å². The number of morpholine rings is 1. The molecule has 0 unspecified atom stereocenters. The molecule has 1 aliphatic rings. The summed E-state index contributed by atoms with van der Waals surface area (Å²) in [5, 5.41) is 10.7.